The molecule has 19 heavy (non-hydrogen) atoms. The number of hydrogen-bond acceptors (Lipinski definition) is 3. The van der Waals surface area contributed by atoms with E-state index in [0.717, 1.165) is 18.7 Å². The second-order valence-electron chi connectivity index (χ2n) is 4.64. The first-order valence-corrected chi connectivity index (χ1v) is 6.93. The molecular formula is C15H21N2O2+. The zero-order chi connectivity index (χ0) is 13.5. The number of carbonyl (C=O) groups excluding carboxylic acids is 1. The van der Waals surface area contributed by atoms with Gasteiger partial charge in [0.15, 0.2) is 0 Å². The maximum absolute atomic E-state index is 11.5. The number of esters is 1. The highest BCUT2D eigenvalue weighted by atomic mass is 16.5. The van der Waals surface area contributed by atoms with E-state index in [9.17, 15) is 4.79 Å². The predicted octanol–water partition coefficient (Wildman–Crippen LogP) is 1.33. The number of hydrogen-bond donors (Lipinski definition) is 2. The maximum atomic E-state index is 11.5. The zero-order valence-corrected chi connectivity index (χ0v) is 11.4. The van der Waals surface area contributed by atoms with Gasteiger partial charge in [0.05, 0.1) is 18.7 Å². The Morgan fingerprint density at radius 3 is 2.79 bits per heavy atom. The molecule has 0 aliphatic carbocycles. The van der Waals surface area contributed by atoms with Gasteiger partial charge in [-0.05, 0) is 50.5 Å². The summed E-state index contributed by atoms with van der Waals surface area (Å²) in [5.41, 5.74) is 1.59. The summed E-state index contributed by atoms with van der Waals surface area (Å²) in [5, 5.41) is 3.37. The summed E-state index contributed by atoms with van der Waals surface area (Å²) in [5.74, 6) is 0.899. The topological polar surface area (TPSA) is 52.3 Å². The van der Waals surface area contributed by atoms with Crippen molar-refractivity contribution < 1.29 is 14.5 Å². The summed E-state index contributed by atoms with van der Waals surface area (Å²) in [6.07, 6.45) is 4.78. The maximum Gasteiger partial charge on any atom is 0.338 e. The summed E-state index contributed by atoms with van der Waals surface area (Å²) >= 11 is 0. The third-order valence-corrected chi connectivity index (χ3v) is 3.13. The van der Waals surface area contributed by atoms with Crippen molar-refractivity contribution in [2.75, 3.05) is 18.5 Å². The average Bonchev–Trinajstić information content (AvgIpc) is 2.68. The standard InChI is InChI=1S/C15H20N2O2/c1-2-19-15(18)12-7-9-13(10-8-12)17-14-6-4-3-5-11-16-14/h7-10H,2-6,11H2,1H3,(H,16,17)/p+1. The Morgan fingerprint density at radius 1 is 1.26 bits per heavy atom. The lowest BCUT2D eigenvalue weighted by atomic mass is 10.2. The molecule has 1 aromatic carbocycles. The van der Waals surface area contributed by atoms with Crippen LogP contribution in [0.3, 0.4) is 0 Å². The van der Waals surface area contributed by atoms with E-state index in [1.807, 2.05) is 19.1 Å². The van der Waals surface area contributed by atoms with Gasteiger partial charge in [0.2, 0.25) is 5.84 Å². The summed E-state index contributed by atoms with van der Waals surface area (Å²) < 4.78 is 4.96. The first kappa shape index (κ1) is 13.6. The highest BCUT2D eigenvalue weighted by Crippen LogP contribution is 2.11. The van der Waals surface area contributed by atoms with E-state index in [0.29, 0.717) is 12.2 Å². The molecule has 0 saturated carbocycles. The SMILES string of the molecule is CCOC(=O)c1ccc(NC2=[NH+]CCCCC2)cc1. The summed E-state index contributed by atoms with van der Waals surface area (Å²) in [7, 11) is 0. The van der Waals surface area contributed by atoms with Crippen molar-refractivity contribution in [1.82, 2.24) is 0 Å². The van der Waals surface area contributed by atoms with Crippen LogP contribution in [0.25, 0.3) is 0 Å². The van der Waals surface area contributed by atoms with E-state index in [1.165, 1.54) is 25.1 Å². The molecule has 4 nitrogen and oxygen atoms in total. The molecule has 0 atom stereocenters. The Kier molecular flexibility index (Phi) is 4.95. The summed E-state index contributed by atoms with van der Waals surface area (Å²) in [6.45, 7) is 3.24. The molecule has 2 rings (SSSR count). The highest BCUT2D eigenvalue weighted by molar-refractivity contribution is 5.93. The molecule has 0 aromatic heterocycles. The van der Waals surface area contributed by atoms with E-state index in [4.69, 9.17) is 4.74 Å². The molecule has 0 unspecified atom stereocenters. The molecule has 0 amide bonds. The minimum atomic E-state index is -0.269. The van der Waals surface area contributed by atoms with Gasteiger partial charge < -0.3 is 4.74 Å². The third kappa shape index (κ3) is 4.09. The van der Waals surface area contributed by atoms with E-state index in [2.05, 4.69) is 10.3 Å². The minimum Gasteiger partial charge on any atom is -0.462 e. The van der Waals surface area contributed by atoms with Gasteiger partial charge in [0.25, 0.3) is 0 Å². The molecule has 1 aliphatic heterocycles. The van der Waals surface area contributed by atoms with E-state index < -0.39 is 0 Å². The quantitative estimate of drug-likeness (QED) is 0.807. The predicted molar refractivity (Wildman–Crippen MR) is 75.3 cm³/mol. The molecule has 0 radical (unpaired) electrons. The lowest BCUT2D eigenvalue weighted by Crippen LogP contribution is -2.74. The highest BCUT2D eigenvalue weighted by Gasteiger charge is 2.11. The Bertz CT molecular complexity index is 452. The molecule has 4 heteroatoms. The largest absolute Gasteiger partial charge is 0.462 e. The van der Waals surface area contributed by atoms with E-state index in [1.54, 1.807) is 12.1 Å². The number of ether oxygens (including phenoxy) is 1. The van der Waals surface area contributed by atoms with Crippen molar-refractivity contribution in [3.8, 4) is 0 Å². The summed E-state index contributed by atoms with van der Waals surface area (Å²) in [6, 6.07) is 7.40. The van der Waals surface area contributed by atoms with Gasteiger partial charge in [0.1, 0.15) is 5.69 Å². The molecule has 102 valence electrons. The van der Waals surface area contributed by atoms with Gasteiger partial charge in [-0.25, -0.2) is 10.1 Å². The van der Waals surface area contributed by atoms with Crippen LogP contribution >= 0.6 is 0 Å². The number of amidine groups is 1. The monoisotopic (exact) mass is 261 g/mol. The van der Waals surface area contributed by atoms with Crippen LogP contribution in [0.15, 0.2) is 24.3 Å². The van der Waals surface area contributed by atoms with Crippen LogP contribution in [-0.4, -0.2) is 25.0 Å². The van der Waals surface area contributed by atoms with Gasteiger partial charge in [0, 0.05) is 6.42 Å². The Balaban J connectivity index is 1.98. The number of anilines is 1. The number of nitrogens with one attached hydrogen (secondary N) is 2. The van der Waals surface area contributed by atoms with Crippen LogP contribution in [0.1, 0.15) is 43.0 Å². The fourth-order valence-electron chi connectivity index (χ4n) is 2.12. The Morgan fingerprint density at radius 2 is 2.05 bits per heavy atom. The molecule has 0 saturated heterocycles. The van der Waals surface area contributed by atoms with Gasteiger partial charge in [-0.3, -0.25) is 4.99 Å². The van der Waals surface area contributed by atoms with Crippen molar-refractivity contribution >= 4 is 17.5 Å². The van der Waals surface area contributed by atoms with Crippen LogP contribution in [0.4, 0.5) is 5.69 Å². The van der Waals surface area contributed by atoms with E-state index in [-0.39, 0.29) is 5.97 Å². The number of rotatable bonds is 3. The average molecular weight is 261 g/mol. The van der Waals surface area contributed by atoms with Gasteiger partial charge >= 0.3 is 5.97 Å². The van der Waals surface area contributed by atoms with Crippen LogP contribution in [0, 0.1) is 0 Å². The second kappa shape index (κ2) is 6.92. The smallest absolute Gasteiger partial charge is 0.338 e. The van der Waals surface area contributed by atoms with E-state index >= 15 is 0 Å². The first-order chi connectivity index (χ1) is 9.29. The Labute approximate surface area is 113 Å². The van der Waals surface area contributed by atoms with Crippen LogP contribution in [0.5, 0.6) is 0 Å². The fraction of sp³-hybridized carbons (Fsp3) is 0.467. The molecule has 2 N–H and O–H groups in total. The number of benzene rings is 1. The van der Waals surface area contributed by atoms with Crippen molar-refractivity contribution in [1.29, 1.82) is 0 Å². The molecule has 0 bridgehead atoms. The van der Waals surface area contributed by atoms with Crippen molar-refractivity contribution in [3.05, 3.63) is 29.8 Å². The molecule has 1 aromatic rings. The molecular weight excluding hydrogens is 240 g/mol. The van der Waals surface area contributed by atoms with Crippen LogP contribution in [-0.2, 0) is 4.74 Å². The minimum absolute atomic E-state index is 0.269. The molecule has 1 heterocycles. The lowest BCUT2D eigenvalue weighted by molar-refractivity contribution is -0.457. The summed E-state index contributed by atoms with van der Waals surface area (Å²) in [4.78, 5) is 14.9. The first-order valence-electron chi connectivity index (χ1n) is 6.93. The number of carbonyl (C=O) groups is 1. The molecule has 0 fully saturated rings. The van der Waals surface area contributed by atoms with Crippen LogP contribution in [0.2, 0.25) is 0 Å². The van der Waals surface area contributed by atoms with Crippen molar-refractivity contribution in [2.24, 2.45) is 0 Å². The van der Waals surface area contributed by atoms with Crippen LogP contribution < -0.4 is 10.3 Å². The normalized spacial score (nSPS) is 15.3. The second-order valence-corrected chi connectivity index (χ2v) is 4.64. The fourth-order valence-corrected chi connectivity index (χ4v) is 2.12. The van der Waals surface area contributed by atoms with Gasteiger partial charge in [-0.2, -0.15) is 0 Å². The van der Waals surface area contributed by atoms with Crippen molar-refractivity contribution in [2.45, 2.75) is 32.6 Å². The van der Waals surface area contributed by atoms with Gasteiger partial charge in [-0.1, -0.05) is 0 Å². The Hall–Kier alpha value is -1.84. The third-order valence-electron chi connectivity index (χ3n) is 3.13. The van der Waals surface area contributed by atoms with Crippen molar-refractivity contribution in [3.63, 3.8) is 0 Å². The lowest BCUT2D eigenvalue weighted by Gasteiger charge is -2.03. The van der Waals surface area contributed by atoms with Gasteiger partial charge in [-0.15, -0.1) is 0 Å². The molecule has 1 aliphatic rings. The molecule has 0 spiro atoms. The zero-order valence-electron chi connectivity index (χ0n) is 11.4.